The maximum atomic E-state index is 12.0. The van der Waals surface area contributed by atoms with Crippen LogP contribution in [0.4, 0.5) is 0 Å². The zero-order valence-corrected chi connectivity index (χ0v) is 9.44. The summed E-state index contributed by atoms with van der Waals surface area (Å²) in [5.41, 5.74) is 0. The van der Waals surface area contributed by atoms with E-state index >= 15 is 0 Å². The molecule has 1 amide bonds. The second-order valence-corrected chi connectivity index (χ2v) is 4.56. The van der Waals surface area contributed by atoms with Crippen molar-refractivity contribution in [3.63, 3.8) is 0 Å². The number of nitrogens with zero attached hydrogens (tertiary/aromatic N) is 2. The van der Waals surface area contributed by atoms with Crippen molar-refractivity contribution in [1.82, 2.24) is 9.27 Å². The van der Waals surface area contributed by atoms with Gasteiger partial charge in [0.25, 0.3) is 5.91 Å². The quantitative estimate of drug-likeness (QED) is 0.843. The Bertz CT molecular complexity index is 391. The molecule has 1 aliphatic rings. The molecule has 2 heterocycles. The molecule has 1 saturated heterocycles. The Kier molecular flexibility index (Phi) is 3.19. The second kappa shape index (κ2) is 4.61. The standard InChI is InChI=1S/C10H12N2O3S/c13-9(8-4-5-11-16-8)12-6-2-1-3-7(12)10(14)15/h4-5,7H,1-3,6H2,(H,14,15)/t7-/m1/s1. The number of amides is 1. The lowest BCUT2D eigenvalue weighted by Gasteiger charge is -2.32. The van der Waals surface area contributed by atoms with Gasteiger partial charge in [-0.15, -0.1) is 0 Å². The van der Waals surface area contributed by atoms with Crippen molar-refractivity contribution in [1.29, 1.82) is 0 Å². The molecule has 2 rings (SSSR count). The van der Waals surface area contributed by atoms with Crippen LogP contribution in [-0.2, 0) is 4.79 Å². The smallest absolute Gasteiger partial charge is 0.326 e. The molecular weight excluding hydrogens is 228 g/mol. The molecule has 6 heteroatoms. The third-order valence-corrected chi connectivity index (χ3v) is 3.43. The SMILES string of the molecule is O=C(O)[C@H]1CCCCN1C(=O)c1ccns1. The second-order valence-electron chi connectivity index (χ2n) is 3.73. The van der Waals surface area contributed by atoms with Crippen LogP contribution in [0.25, 0.3) is 0 Å². The summed E-state index contributed by atoms with van der Waals surface area (Å²) in [6, 6.07) is 0.948. The molecule has 0 bridgehead atoms. The maximum Gasteiger partial charge on any atom is 0.326 e. The number of carbonyl (C=O) groups excluding carboxylic acids is 1. The highest BCUT2D eigenvalue weighted by molar-refractivity contribution is 7.08. The topological polar surface area (TPSA) is 70.5 Å². The summed E-state index contributed by atoms with van der Waals surface area (Å²) in [7, 11) is 0. The van der Waals surface area contributed by atoms with Crippen LogP contribution in [-0.4, -0.2) is 38.8 Å². The predicted octanol–water partition coefficient (Wildman–Crippen LogP) is 1.22. The van der Waals surface area contributed by atoms with Gasteiger partial charge >= 0.3 is 5.97 Å². The highest BCUT2D eigenvalue weighted by Crippen LogP contribution is 2.20. The van der Waals surface area contributed by atoms with Gasteiger partial charge in [0.05, 0.1) is 0 Å². The van der Waals surface area contributed by atoms with Crippen LogP contribution in [0.1, 0.15) is 28.9 Å². The lowest BCUT2D eigenvalue weighted by Crippen LogP contribution is -2.47. The van der Waals surface area contributed by atoms with E-state index in [2.05, 4.69) is 4.37 Å². The van der Waals surface area contributed by atoms with E-state index in [1.165, 1.54) is 4.90 Å². The van der Waals surface area contributed by atoms with Gasteiger partial charge in [-0.2, -0.15) is 0 Å². The van der Waals surface area contributed by atoms with E-state index in [-0.39, 0.29) is 5.91 Å². The first kappa shape index (κ1) is 11.1. The van der Waals surface area contributed by atoms with Gasteiger partial charge in [-0.1, -0.05) is 0 Å². The fourth-order valence-electron chi connectivity index (χ4n) is 1.90. The number of aromatic nitrogens is 1. The number of aliphatic carboxylic acids is 1. The third-order valence-electron chi connectivity index (χ3n) is 2.70. The lowest BCUT2D eigenvalue weighted by atomic mass is 10.0. The summed E-state index contributed by atoms with van der Waals surface area (Å²) < 4.78 is 3.85. The molecule has 5 nitrogen and oxygen atoms in total. The normalized spacial score (nSPS) is 20.8. The molecule has 0 saturated carbocycles. The fourth-order valence-corrected chi connectivity index (χ4v) is 2.45. The maximum absolute atomic E-state index is 12.0. The third kappa shape index (κ3) is 2.06. The molecular formula is C10H12N2O3S. The summed E-state index contributed by atoms with van der Waals surface area (Å²) in [5, 5.41) is 9.05. The summed E-state index contributed by atoms with van der Waals surface area (Å²) in [4.78, 5) is 25.0. The van der Waals surface area contributed by atoms with Crippen molar-refractivity contribution in [3.8, 4) is 0 Å². The van der Waals surface area contributed by atoms with Gasteiger partial charge in [0.1, 0.15) is 10.9 Å². The number of rotatable bonds is 2. The Hall–Kier alpha value is -1.43. The number of carbonyl (C=O) groups is 2. The minimum Gasteiger partial charge on any atom is -0.480 e. The molecule has 0 unspecified atom stereocenters. The molecule has 1 fully saturated rings. The van der Waals surface area contributed by atoms with E-state index in [4.69, 9.17) is 5.11 Å². The van der Waals surface area contributed by atoms with Crippen molar-refractivity contribution in [2.75, 3.05) is 6.54 Å². The molecule has 1 N–H and O–H groups in total. The van der Waals surface area contributed by atoms with Crippen LogP contribution in [0.2, 0.25) is 0 Å². The number of carboxylic acids is 1. The monoisotopic (exact) mass is 240 g/mol. The van der Waals surface area contributed by atoms with Crippen molar-refractivity contribution >= 4 is 23.4 Å². The average molecular weight is 240 g/mol. The lowest BCUT2D eigenvalue weighted by molar-refractivity contribution is -0.143. The van der Waals surface area contributed by atoms with Crippen molar-refractivity contribution in [2.24, 2.45) is 0 Å². The Balaban J connectivity index is 2.17. The van der Waals surface area contributed by atoms with Crippen LogP contribution in [0.5, 0.6) is 0 Å². The van der Waals surface area contributed by atoms with E-state index in [1.807, 2.05) is 0 Å². The number of hydrogen-bond acceptors (Lipinski definition) is 4. The van der Waals surface area contributed by atoms with Crippen molar-refractivity contribution in [3.05, 3.63) is 17.1 Å². The van der Waals surface area contributed by atoms with Gasteiger partial charge in [0.15, 0.2) is 0 Å². The fraction of sp³-hybridized carbons (Fsp3) is 0.500. The summed E-state index contributed by atoms with van der Waals surface area (Å²) in [6.45, 7) is 0.522. The minimum absolute atomic E-state index is 0.213. The van der Waals surface area contributed by atoms with Crippen LogP contribution in [0.3, 0.4) is 0 Å². The van der Waals surface area contributed by atoms with Gasteiger partial charge in [-0.3, -0.25) is 4.79 Å². The van der Waals surface area contributed by atoms with Gasteiger partial charge in [0, 0.05) is 12.7 Å². The molecule has 1 aliphatic heterocycles. The molecule has 1 atom stereocenters. The van der Waals surface area contributed by atoms with Crippen LogP contribution < -0.4 is 0 Å². The van der Waals surface area contributed by atoms with E-state index in [0.29, 0.717) is 17.8 Å². The zero-order chi connectivity index (χ0) is 11.5. The Morgan fingerprint density at radius 1 is 1.50 bits per heavy atom. The molecule has 0 radical (unpaired) electrons. The van der Waals surface area contributed by atoms with Gasteiger partial charge in [-0.05, 0) is 36.9 Å². The van der Waals surface area contributed by atoms with Crippen LogP contribution in [0, 0.1) is 0 Å². The summed E-state index contributed by atoms with van der Waals surface area (Å²) in [5.74, 6) is -1.13. The molecule has 86 valence electrons. The molecule has 1 aromatic rings. The summed E-state index contributed by atoms with van der Waals surface area (Å²) >= 11 is 1.10. The zero-order valence-electron chi connectivity index (χ0n) is 8.63. The Labute approximate surface area is 96.9 Å². The number of hydrogen-bond donors (Lipinski definition) is 1. The number of carboxylic acid groups (broad SMARTS) is 1. The Morgan fingerprint density at radius 2 is 2.31 bits per heavy atom. The molecule has 16 heavy (non-hydrogen) atoms. The van der Waals surface area contributed by atoms with Crippen LogP contribution >= 0.6 is 11.5 Å². The highest BCUT2D eigenvalue weighted by atomic mass is 32.1. The van der Waals surface area contributed by atoms with Crippen LogP contribution in [0.15, 0.2) is 12.3 Å². The number of likely N-dealkylation sites (tertiary alicyclic amines) is 1. The van der Waals surface area contributed by atoms with Crippen molar-refractivity contribution in [2.45, 2.75) is 25.3 Å². The largest absolute Gasteiger partial charge is 0.480 e. The van der Waals surface area contributed by atoms with Gasteiger partial charge in [-0.25, -0.2) is 9.17 Å². The van der Waals surface area contributed by atoms with E-state index in [0.717, 1.165) is 24.4 Å². The predicted molar refractivity (Wildman–Crippen MR) is 58.4 cm³/mol. The first-order valence-electron chi connectivity index (χ1n) is 5.14. The van der Waals surface area contributed by atoms with Crippen molar-refractivity contribution < 1.29 is 14.7 Å². The molecule has 0 aliphatic carbocycles. The molecule has 0 spiro atoms. The average Bonchev–Trinajstić information content (AvgIpc) is 2.81. The first-order chi connectivity index (χ1) is 7.70. The summed E-state index contributed by atoms with van der Waals surface area (Å²) in [6.07, 6.45) is 3.83. The number of piperidine rings is 1. The Morgan fingerprint density at radius 3 is 2.94 bits per heavy atom. The first-order valence-corrected chi connectivity index (χ1v) is 5.92. The van der Waals surface area contributed by atoms with Gasteiger partial charge < -0.3 is 10.0 Å². The minimum atomic E-state index is -0.919. The molecule has 0 aromatic carbocycles. The van der Waals surface area contributed by atoms with E-state index in [9.17, 15) is 9.59 Å². The highest BCUT2D eigenvalue weighted by Gasteiger charge is 2.32. The molecule has 1 aromatic heterocycles. The van der Waals surface area contributed by atoms with E-state index in [1.54, 1.807) is 12.3 Å². The van der Waals surface area contributed by atoms with Gasteiger partial charge in [0.2, 0.25) is 0 Å². The van der Waals surface area contributed by atoms with E-state index < -0.39 is 12.0 Å².